The van der Waals surface area contributed by atoms with Crippen LogP contribution in [0.25, 0.3) is 0 Å². The third-order valence-electron chi connectivity index (χ3n) is 3.40. The van der Waals surface area contributed by atoms with Crippen molar-refractivity contribution in [1.82, 2.24) is 4.90 Å². The molecule has 0 saturated carbocycles. The Kier molecular flexibility index (Phi) is 2.85. The van der Waals surface area contributed by atoms with Gasteiger partial charge in [0.2, 0.25) is 0 Å². The predicted octanol–water partition coefficient (Wildman–Crippen LogP) is 2.88. The lowest BCUT2D eigenvalue weighted by Gasteiger charge is -2.37. The van der Waals surface area contributed by atoms with E-state index in [1.54, 1.807) is 0 Å². The molecule has 0 aromatic heterocycles. The summed E-state index contributed by atoms with van der Waals surface area (Å²) in [5.41, 5.74) is 0. The summed E-state index contributed by atoms with van der Waals surface area (Å²) in [6.45, 7) is 5.90. The zero-order valence-corrected chi connectivity index (χ0v) is 9.43. The van der Waals surface area contributed by atoms with E-state index in [9.17, 15) is 0 Å². The third-order valence-corrected chi connectivity index (χ3v) is 3.76. The average Bonchev–Trinajstić information content (AvgIpc) is 2.32. The second kappa shape index (κ2) is 3.78. The van der Waals surface area contributed by atoms with Crippen molar-refractivity contribution < 1.29 is 0 Å². The number of hydrogen-bond donors (Lipinski definition) is 0. The second-order valence-corrected chi connectivity index (χ2v) is 5.66. The molecule has 13 heavy (non-hydrogen) atoms. The van der Waals surface area contributed by atoms with Gasteiger partial charge in [-0.25, -0.2) is 0 Å². The normalized spacial score (nSPS) is 40.2. The summed E-state index contributed by atoms with van der Waals surface area (Å²) < 4.78 is 0. The first-order chi connectivity index (χ1) is 6.16. The fourth-order valence-electron chi connectivity index (χ4n) is 2.93. The maximum absolute atomic E-state index is 6.22. The molecule has 2 bridgehead atoms. The van der Waals surface area contributed by atoms with Gasteiger partial charge in [0.15, 0.2) is 0 Å². The number of alkyl halides is 1. The number of rotatable bonds is 2. The topological polar surface area (TPSA) is 3.24 Å². The van der Waals surface area contributed by atoms with E-state index < -0.39 is 0 Å². The summed E-state index contributed by atoms with van der Waals surface area (Å²) in [7, 11) is 0. The van der Waals surface area contributed by atoms with E-state index in [0.717, 1.165) is 18.0 Å². The summed E-state index contributed by atoms with van der Waals surface area (Å²) in [5, 5.41) is 0.459. The van der Waals surface area contributed by atoms with Crippen LogP contribution in [0.5, 0.6) is 0 Å². The molecule has 0 amide bonds. The highest BCUT2D eigenvalue weighted by Gasteiger charge is 2.39. The van der Waals surface area contributed by atoms with Gasteiger partial charge in [0, 0.05) is 24.0 Å². The first-order valence-electron chi connectivity index (χ1n) is 5.56. The highest BCUT2D eigenvalue weighted by molar-refractivity contribution is 6.20. The first kappa shape index (κ1) is 9.79. The maximum Gasteiger partial charge on any atom is 0.0365 e. The molecule has 2 heterocycles. The minimum atomic E-state index is 0.459. The fraction of sp³-hybridized carbons (Fsp3) is 1.00. The van der Waals surface area contributed by atoms with Crippen LogP contribution < -0.4 is 0 Å². The van der Waals surface area contributed by atoms with Gasteiger partial charge >= 0.3 is 0 Å². The second-order valence-electron chi connectivity index (χ2n) is 5.04. The smallest absolute Gasteiger partial charge is 0.0365 e. The van der Waals surface area contributed by atoms with Gasteiger partial charge < -0.3 is 0 Å². The average molecular weight is 202 g/mol. The number of piperidine rings is 1. The summed E-state index contributed by atoms with van der Waals surface area (Å²) >= 11 is 6.22. The van der Waals surface area contributed by atoms with Crippen molar-refractivity contribution in [2.24, 2.45) is 5.92 Å². The molecular weight excluding hydrogens is 182 g/mol. The molecule has 2 unspecified atom stereocenters. The quantitative estimate of drug-likeness (QED) is 0.622. The van der Waals surface area contributed by atoms with Gasteiger partial charge in [-0.15, -0.1) is 11.6 Å². The molecule has 0 aromatic rings. The Labute approximate surface area is 86.4 Å². The van der Waals surface area contributed by atoms with E-state index in [-0.39, 0.29) is 0 Å². The Hall–Kier alpha value is 0.250. The summed E-state index contributed by atoms with van der Waals surface area (Å²) in [5.74, 6) is 0.801. The van der Waals surface area contributed by atoms with E-state index in [4.69, 9.17) is 11.6 Å². The fourth-order valence-corrected chi connectivity index (χ4v) is 3.34. The summed E-state index contributed by atoms with van der Waals surface area (Å²) in [6.07, 6.45) is 5.23. The molecule has 76 valence electrons. The zero-order valence-electron chi connectivity index (χ0n) is 8.67. The van der Waals surface area contributed by atoms with E-state index in [1.807, 2.05) is 0 Å². The standard InChI is InChI=1S/C11H20ClN/c1-8(2)7-13-10-3-4-11(13)6-9(12)5-10/h8-11H,3-7H2,1-2H3. The van der Waals surface area contributed by atoms with Crippen molar-refractivity contribution in [1.29, 1.82) is 0 Å². The molecule has 0 N–H and O–H groups in total. The van der Waals surface area contributed by atoms with Crippen LogP contribution in [-0.4, -0.2) is 28.9 Å². The lowest BCUT2D eigenvalue weighted by atomic mass is 10.0. The molecule has 2 saturated heterocycles. The molecule has 2 fully saturated rings. The number of fused-ring (bicyclic) bond motifs is 2. The Bertz CT molecular complexity index is 167. The van der Waals surface area contributed by atoms with E-state index in [1.165, 1.54) is 32.2 Å². The molecule has 0 spiro atoms. The molecule has 2 rings (SSSR count). The first-order valence-corrected chi connectivity index (χ1v) is 6.00. The molecule has 0 radical (unpaired) electrons. The highest BCUT2D eigenvalue weighted by Crippen LogP contribution is 2.37. The number of halogens is 1. The Morgan fingerprint density at radius 1 is 1.23 bits per heavy atom. The van der Waals surface area contributed by atoms with E-state index in [0.29, 0.717) is 5.38 Å². The molecule has 1 nitrogen and oxygen atoms in total. The lowest BCUT2D eigenvalue weighted by molar-refractivity contribution is 0.126. The van der Waals surface area contributed by atoms with Gasteiger partial charge in [-0.05, 0) is 31.6 Å². The van der Waals surface area contributed by atoms with Crippen LogP contribution >= 0.6 is 11.6 Å². The van der Waals surface area contributed by atoms with Gasteiger partial charge in [-0.1, -0.05) is 13.8 Å². The van der Waals surface area contributed by atoms with Crippen molar-refractivity contribution in [2.75, 3.05) is 6.54 Å². The van der Waals surface area contributed by atoms with Gasteiger partial charge in [-0.2, -0.15) is 0 Å². The van der Waals surface area contributed by atoms with Crippen LogP contribution in [0.4, 0.5) is 0 Å². The molecule has 2 atom stereocenters. The van der Waals surface area contributed by atoms with Gasteiger partial charge in [0.25, 0.3) is 0 Å². The molecular formula is C11H20ClN. The Morgan fingerprint density at radius 2 is 1.77 bits per heavy atom. The molecule has 0 aliphatic carbocycles. The van der Waals surface area contributed by atoms with Gasteiger partial charge in [0.05, 0.1) is 0 Å². The monoisotopic (exact) mass is 201 g/mol. The van der Waals surface area contributed by atoms with Crippen molar-refractivity contribution in [3.63, 3.8) is 0 Å². The van der Waals surface area contributed by atoms with Crippen molar-refractivity contribution in [3.05, 3.63) is 0 Å². The Balaban J connectivity index is 1.98. The Morgan fingerprint density at radius 3 is 2.23 bits per heavy atom. The minimum Gasteiger partial charge on any atom is -0.297 e. The number of hydrogen-bond acceptors (Lipinski definition) is 1. The third kappa shape index (κ3) is 2.02. The van der Waals surface area contributed by atoms with Crippen LogP contribution in [0, 0.1) is 5.92 Å². The highest BCUT2D eigenvalue weighted by atomic mass is 35.5. The van der Waals surface area contributed by atoms with E-state index in [2.05, 4.69) is 18.7 Å². The summed E-state index contributed by atoms with van der Waals surface area (Å²) in [4.78, 5) is 2.71. The van der Waals surface area contributed by atoms with Crippen LogP contribution in [0.15, 0.2) is 0 Å². The summed E-state index contributed by atoms with van der Waals surface area (Å²) in [6, 6.07) is 1.62. The number of nitrogens with zero attached hydrogens (tertiary/aromatic N) is 1. The van der Waals surface area contributed by atoms with E-state index >= 15 is 0 Å². The zero-order chi connectivity index (χ0) is 9.42. The molecule has 2 aliphatic heterocycles. The van der Waals surface area contributed by atoms with Crippen LogP contribution in [0.3, 0.4) is 0 Å². The predicted molar refractivity (Wildman–Crippen MR) is 57.2 cm³/mol. The SMILES string of the molecule is CC(C)CN1C2CCC1CC(Cl)C2. The lowest BCUT2D eigenvalue weighted by Crippen LogP contribution is -2.44. The minimum absolute atomic E-state index is 0.459. The molecule has 2 aliphatic rings. The van der Waals surface area contributed by atoms with Gasteiger partial charge in [0.1, 0.15) is 0 Å². The largest absolute Gasteiger partial charge is 0.297 e. The van der Waals surface area contributed by atoms with Gasteiger partial charge in [-0.3, -0.25) is 4.90 Å². The molecule has 0 aromatic carbocycles. The van der Waals surface area contributed by atoms with Crippen molar-refractivity contribution >= 4 is 11.6 Å². The van der Waals surface area contributed by atoms with Crippen molar-refractivity contribution in [2.45, 2.75) is 57.0 Å². The maximum atomic E-state index is 6.22. The molecule has 2 heteroatoms. The van der Waals surface area contributed by atoms with Crippen LogP contribution in [0.2, 0.25) is 0 Å². The van der Waals surface area contributed by atoms with Crippen molar-refractivity contribution in [3.8, 4) is 0 Å². The van der Waals surface area contributed by atoms with Crippen LogP contribution in [0.1, 0.15) is 39.5 Å². The van der Waals surface area contributed by atoms with Crippen LogP contribution in [-0.2, 0) is 0 Å².